The van der Waals surface area contributed by atoms with E-state index in [1.165, 1.54) is 61.5 Å². The summed E-state index contributed by atoms with van der Waals surface area (Å²) in [6, 6.07) is 11.8. The number of thioether (sulfide) groups is 1. The molecule has 0 spiro atoms. The van der Waals surface area contributed by atoms with Crippen molar-refractivity contribution in [2.24, 2.45) is 10.1 Å². The molecule has 1 N–H and O–H groups in total. The molecule has 8 nitrogen and oxygen atoms in total. The average Bonchev–Trinajstić information content (AvgIpc) is 3.37. The SMILES string of the molecule is CCCC1=NN2C(=N)C(=Cc3cc(Cl)c(OCCOc4ccc(C5CCCCC5)cc4)c(OC)c3)C(=O)N=C2S1. The minimum Gasteiger partial charge on any atom is -0.493 e. The van der Waals surface area contributed by atoms with Crippen LogP contribution in [0.3, 0.4) is 0 Å². The topological polar surface area (TPSA) is 96.6 Å². The Kier molecular flexibility index (Phi) is 9.11. The summed E-state index contributed by atoms with van der Waals surface area (Å²) >= 11 is 7.89. The Morgan fingerprint density at radius 1 is 1.12 bits per heavy atom. The molecular weight excluding hydrogens is 548 g/mol. The molecule has 1 amide bonds. The van der Waals surface area contributed by atoms with E-state index >= 15 is 0 Å². The van der Waals surface area contributed by atoms with Crippen molar-refractivity contribution in [2.75, 3.05) is 20.3 Å². The van der Waals surface area contributed by atoms with Gasteiger partial charge in [0, 0.05) is 0 Å². The number of benzene rings is 2. The summed E-state index contributed by atoms with van der Waals surface area (Å²) in [5.74, 6) is 1.76. The number of halogens is 1. The molecule has 1 saturated carbocycles. The first-order chi connectivity index (χ1) is 19.5. The average molecular weight is 581 g/mol. The van der Waals surface area contributed by atoms with Crippen molar-refractivity contribution in [3.05, 3.63) is 58.1 Å². The van der Waals surface area contributed by atoms with Gasteiger partial charge in [0.05, 0.1) is 17.7 Å². The Morgan fingerprint density at radius 2 is 1.88 bits per heavy atom. The molecule has 210 valence electrons. The normalized spacial score (nSPS) is 18.5. The van der Waals surface area contributed by atoms with Crippen LogP contribution < -0.4 is 14.2 Å². The smallest absolute Gasteiger partial charge is 0.283 e. The van der Waals surface area contributed by atoms with Crippen LogP contribution in [0, 0.1) is 5.41 Å². The summed E-state index contributed by atoms with van der Waals surface area (Å²) in [5.41, 5.74) is 2.10. The van der Waals surface area contributed by atoms with E-state index in [0.717, 1.165) is 23.6 Å². The predicted octanol–water partition coefficient (Wildman–Crippen LogP) is 7.27. The summed E-state index contributed by atoms with van der Waals surface area (Å²) in [6.07, 6.45) is 9.78. The predicted molar refractivity (Wildman–Crippen MR) is 161 cm³/mol. The van der Waals surface area contributed by atoms with Crippen molar-refractivity contribution in [3.63, 3.8) is 0 Å². The van der Waals surface area contributed by atoms with Gasteiger partial charge in [-0.05, 0) is 84.8 Å². The second-order valence-corrected chi connectivity index (χ2v) is 11.3. The lowest BCUT2D eigenvalue weighted by Crippen LogP contribution is -2.35. The van der Waals surface area contributed by atoms with Gasteiger partial charge in [-0.3, -0.25) is 10.2 Å². The quantitative estimate of drug-likeness (QED) is 0.234. The molecule has 0 unspecified atom stereocenters. The van der Waals surface area contributed by atoms with E-state index in [0.29, 0.717) is 39.8 Å². The molecule has 0 aromatic heterocycles. The number of hydrazone groups is 1. The lowest BCUT2D eigenvalue weighted by Gasteiger charge is -2.22. The summed E-state index contributed by atoms with van der Waals surface area (Å²) in [7, 11) is 1.52. The van der Waals surface area contributed by atoms with Gasteiger partial charge in [-0.2, -0.15) is 15.1 Å². The molecule has 2 heterocycles. The van der Waals surface area contributed by atoms with Gasteiger partial charge in [0.15, 0.2) is 17.3 Å². The van der Waals surface area contributed by atoms with Crippen LogP contribution >= 0.6 is 23.4 Å². The van der Waals surface area contributed by atoms with Crippen molar-refractivity contribution in [1.82, 2.24) is 5.01 Å². The molecule has 5 rings (SSSR count). The van der Waals surface area contributed by atoms with Crippen LogP contribution in [0.15, 0.2) is 52.1 Å². The van der Waals surface area contributed by atoms with E-state index in [1.54, 1.807) is 18.2 Å². The van der Waals surface area contributed by atoms with Crippen molar-refractivity contribution in [1.29, 1.82) is 5.41 Å². The van der Waals surface area contributed by atoms with Crippen molar-refractivity contribution < 1.29 is 19.0 Å². The number of ether oxygens (including phenoxy) is 3. The minimum absolute atomic E-state index is 0.0204. The highest BCUT2D eigenvalue weighted by molar-refractivity contribution is 8.26. The van der Waals surface area contributed by atoms with E-state index in [1.807, 2.05) is 12.1 Å². The number of carbonyl (C=O) groups is 1. The van der Waals surface area contributed by atoms with Gasteiger partial charge in [-0.1, -0.05) is 49.9 Å². The molecule has 10 heteroatoms. The number of hydrogen-bond donors (Lipinski definition) is 1. The Hall–Kier alpha value is -3.30. The van der Waals surface area contributed by atoms with Crippen LogP contribution in [0.1, 0.15) is 68.9 Å². The zero-order valence-corrected chi connectivity index (χ0v) is 24.3. The Morgan fingerprint density at radius 3 is 2.60 bits per heavy atom. The molecule has 0 bridgehead atoms. The molecule has 3 aliphatic rings. The maximum atomic E-state index is 12.7. The highest BCUT2D eigenvalue weighted by Gasteiger charge is 2.35. The monoisotopic (exact) mass is 580 g/mol. The first-order valence-electron chi connectivity index (χ1n) is 13.7. The fraction of sp³-hybridized carbons (Fsp3) is 0.400. The van der Waals surface area contributed by atoms with Gasteiger partial charge >= 0.3 is 0 Å². The second-order valence-electron chi connectivity index (χ2n) is 9.90. The number of fused-ring (bicyclic) bond motifs is 1. The van der Waals surface area contributed by atoms with E-state index < -0.39 is 5.91 Å². The van der Waals surface area contributed by atoms with E-state index in [-0.39, 0.29) is 18.0 Å². The largest absolute Gasteiger partial charge is 0.493 e. The zero-order chi connectivity index (χ0) is 28.1. The van der Waals surface area contributed by atoms with E-state index in [4.69, 9.17) is 31.2 Å². The summed E-state index contributed by atoms with van der Waals surface area (Å²) in [5, 5.41) is 16.0. The maximum absolute atomic E-state index is 12.7. The molecule has 0 radical (unpaired) electrons. The number of carbonyl (C=O) groups excluding carboxylic acids is 1. The first-order valence-corrected chi connectivity index (χ1v) is 14.9. The third kappa shape index (κ3) is 6.36. The van der Waals surface area contributed by atoms with Gasteiger partial charge in [0.2, 0.25) is 5.17 Å². The molecule has 0 saturated heterocycles. The number of hydrogen-bond acceptors (Lipinski definition) is 7. The molecule has 40 heavy (non-hydrogen) atoms. The number of nitrogens with zero attached hydrogens (tertiary/aromatic N) is 3. The third-order valence-electron chi connectivity index (χ3n) is 7.08. The Labute approximate surface area is 243 Å². The summed E-state index contributed by atoms with van der Waals surface area (Å²) in [6.45, 7) is 2.66. The molecule has 0 atom stereocenters. The Bertz CT molecular complexity index is 1370. The molecular formula is C30H33ClN4O4S. The van der Waals surface area contributed by atoms with Crippen LogP contribution in [0.2, 0.25) is 5.02 Å². The molecule has 2 aromatic rings. The number of amidine groups is 2. The van der Waals surface area contributed by atoms with Crippen LogP contribution in [-0.4, -0.2) is 47.3 Å². The fourth-order valence-electron chi connectivity index (χ4n) is 5.05. The van der Waals surface area contributed by atoms with Gasteiger partial charge in [0.1, 0.15) is 24.0 Å². The number of rotatable bonds is 10. The molecule has 2 aliphatic heterocycles. The lowest BCUT2D eigenvalue weighted by molar-refractivity contribution is -0.114. The van der Waals surface area contributed by atoms with Gasteiger partial charge in [0.25, 0.3) is 5.91 Å². The number of amides is 1. The second kappa shape index (κ2) is 12.9. The number of aliphatic imine (C=N–C) groups is 1. The van der Waals surface area contributed by atoms with Gasteiger partial charge in [-0.25, -0.2) is 0 Å². The fourth-order valence-corrected chi connectivity index (χ4v) is 6.31. The zero-order valence-electron chi connectivity index (χ0n) is 22.7. The van der Waals surface area contributed by atoms with Crippen LogP contribution in [-0.2, 0) is 4.79 Å². The van der Waals surface area contributed by atoms with Crippen molar-refractivity contribution >= 4 is 51.4 Å². The first kappa shape index (κ1) is 28.2. The summed E-state index contributed by atoms with van der Waals surface area (Å²) < 4.78 is 17.3. The standard InChI is InChI=1S/C30H33ClN4O4S/c1-3-7-26-34-35-28(32)23(29(36)33-30(35)40-26)16-19-17-24(31)27(25(18-19)37-2)39-15-14-38-22-12-10-21(11-13-22)20-8-5-4-6-9-20/h10-13,16-18,20,32H,3-9,14-15H2,1-2H3. The highest BCUT2D eigenvalue weighted by atomic mass is 35.5. The number of nitrogens with one attached hydrogen (secondary N) is 1. The van der Waals surface area contributed by atoms with Gasteiger partial charge < -0.3 is 14.2 Å². The van der Waals surface area contributed by atoms with Gasteiger partial charge in [-0.15, -0.1) is 0 Å². The van der Waals surface area contributed by atoms with Crippen LogP contribution in [0.5, 0.6) is 17.2 Å². The molecule has 1 fully saturated rings. The lowest BCUT2D eigenvalue weighted by atomic mass is 9.84. The van der Waals surface area contributed by atoms with Crippen LogP contribution in [0.25, 0.3) is 6.08 Å². The van der Waals surface area contributed by atoms with E-state index in [9.17, 15) is 4.79 Å². The molecule has 1 aliphatic carbocycles. The number of methoxy groups -OCH3 is 1. The highest BCUT2D eigenvalue weighted by Crippen LogP contribution is 2.38. The third-order valence-corrected chi connectivity index (χ3v) is 8.33. The van der Waals surface area contributed by atoms with Crippen molar-refractivity contribution in [3.8, 4) is 17.2 Å². The summed E-state index contributed by atoms with van der Waals surface area (Å²) in [4.78, 5) is 16.9. The maximum Gasteiger partial charge on any atom is 0.283 e. The molecule has 2 aromatic carbocycles. The Balaban J connectivity index is 1.21. The van der Waals surface area contributed by atoms with E-state index in [2.05, 4.69) is 29.2 Å². The van der Waals surface area contributed by atoms with Crippen molar-refractivity contribution in [2.45, 2.75) is 57.8 Å². The minimum atomic E-state index is -0.490. The van der Waals surface area contributed by atoms with Crippen LogP contribution in [0.4, 0.5) is 0 Å².